The summed E-state index contributed by atoms with van der Waals surface area (Å²) in [7, 11) is 0. The molecule has 1 N–H and O–H groups in total. The van der Waals surface area contributed by atoms with Gasteiger partial charge in [0.1, 0.15) is 0 Å². The lowest BCUT2D eigenvalue weighted by molar-refractivity contribution is -0.0560. The Hall–Kier alpha value is -0.120. The van der Waals surface area contributed by atoms with E-state index in [0.717, 1.165) is 18.6 Å². The molecule has 0 bridgehead atoms. The van der Waals surface area contributed by atoms with Crippen molar-refractivity contribution in [3.63, 3.8) is 0 Å². The number of nitrogens with zero attached hydrogens (tertiary/aromatic N) is 1. The predicted octanol–water partition coefficient (Wildman–Crippen LogP) is 1.63. The van der Waals surface area contributed by atoms with Crippen molar-refractivity contribution in [1.29, 1.82) is 0 Å². The second kappa shape index (κ2) is 5.68. The van der Waals surface area contributed by atoms with Crippen molar-refractivity contribution in [3.8, 4) is 0 Å². The third-order valence-corrected chi connectivity index (χ3v) is 4.82. The van der Waals surface area contributed by atoms with Gasteiger partial charge in [0.2, 0.25) is 0 Å². The van der Waals surface area contributed by atoms with Gasteiger partial charge in [-0.2, -0.15) is 0 Å². The summed E-state index contributed by atoms with van der Waals surface area (Å²) in [5.74, 6) is 0.954. The normalized spacial score (nSPS) is 38.5. The van der Waals surface area contributed by atoms with E-state index in [1.807, 2.05) is 0 Å². The van der Waals surface area contributed by atoms with Gasteiger partial charge in [-0.15, -0.1) is 0 Å². The fourth-order valence-corrected chi connectivity index (χ4v) is 3.83. The summed E-state index contributed by atoms with van der Waals surface area (Å²) < 4.78 is 5.86. The zero-order valence-corrected chi connectivity index (χ0v) is 10.9. The Balaban J connectivity index is 1.41. The van der Waals surface area contributed by atoms with Crippen LogP contribution < -0.4 is 5.32 Å². The van der Waals surface area contributed by atoms with Crippen molar-refractivity contribution in [2.75, 3.05) is 32.8 Å². The Bertz CT molecular complexity index is 240. The molecule has 3 nitrogen and oxygen atoms in total. The summed E-state index contributed by atoms with van der Waals surface area (Å²) in [5, 5.41) is 3.46. The molecule has 0 radical (unpaired) electrons. The lowest BCUT2D eigenvalue weighted by Crippen LogP contribution is -2.48. The molecule has 3 heteroatoms. The average Bonchev–Trinajstić information content (AvgIpc) is 2.99. The SMILES string of the molecule is C1CC2OCCN(CCCC3CCNC3)C2C1. The molecule has 3 fully saturated rings. The molecule has 0 aromatic rings. The molecular weight excluding hydrogens is 212 g/mol. The minimum atomic E-state index is 0.567. The third-order valence-electron chi connectivity index (χ3n) is 4.82. The van der Waals surface area contributed by atoms with E-state index in [0.29, 0.717) is 6.10 Å². The summed E-state index contributed by atoms with van der Waals surface area (Å²) >= 11 is 0. The van der Waals surface area contributed by atoms with E-state index in [-0.39, 0.29) is 0 Å². The van der Waals surface area contributed by atoms with Crippen molar-refractivity contribution in [2.45, 2.75) is 50.7 Å². The van der Waals surface area contributed by atoms with Gasteiger partial charge in [0, 0.05) is 12.6 Å². The minimum absolute atomic E-state index is 0.567. The molecule has 2 heterocycles. The highest BCUT2D eigenvalue weighted by Crippen LogP contribution is 2.30. The van der Waals surface area contributed by atoms with Crippen LogP contribution in [0.1, 0.15) is 38.5 Å². The zero-order valence-electron chi connectivity index (χ0n) is 10.9. The average molecular weight is 238 g/mol. The van der Waals surface area contributed by atoms with Crippen LogP contribution in [-0.4, -0.2) is 49.8 Å². The van der Waals surface area contributed by atoms with Crippen molar-refractivity contribution in [2.24, 2.45) is 5.92 Å². The maximum Gasteiger partial charge on any atom is 0.0730 e. The second-order valence-corrected chi connectivity index (χ2v) is 5.94. The lowest BCUT2D eigenvalue weighted by Gasteiger charge is -2.37. The maximum atomic E-state index is 5.86. The standard InChI is InChI=1S/C14H26N2O/c1-4-13-14(5-1)17-10-9-16(13)8-2-3-12-6-7-15-11-12/h12-15H,1-11H2. The van der Waals surface area contributed by atoms with E-state index in [9.17, 15) is 0 Å². The van der Waals surface area contributed by atoms with Crippen molar-refractivity contribution >= 4 is 0 Å². The number of hydrogen-bond acceptors (Lipinski definition) is 3. The van der Waals surface area contributed by atoms with Crippen molar-refractivity contribution in [3.05, 3.63) is 0 Å². The molecule has 17 heavy (non-hydrogen) atoms. The van der Waals surface area contributed by atoms with Crippen LogP contribution in [-0.2, 0) is 4.74 Å². The minimum Gasteiger partial charge on any atom is -0.375 e. The first-order valence-corrected chi connectivity index (χ1v) is 7.50. The molecule has 0 aromatic heterocycles. The largest absolute Gasteiger partial charge is 0.375 e. The molecule has 0 amide bonds. The van der Waals surface area contributed by atoms with Crippen LogP contribution in [0.15, 0.2) is 0 Å². The van der Waals surface area contributed by atoms with Gasteiger partial charge in [0.05, 0.1) is 12.7 Å². The fraction of sp³-hybridized carbons (Fsp3) is 1.00. The quantitative estimate of drug-likeness (QED) is 0.805. The highest BCUT2D eigenvalue weighted by Gasteiger charge is 2.35. The summed E-state index contributed by atoms with van der Waals surface area (Å²) in [6, 6.07) is 0.755. The molecular formula is C14H26N2O. The van der Waals surface area contributed by atoms with Gasteiger partial charge in [0.15, 0.2) is 0 Å². The molecule has 1 saturated carbocycles. The molecule has 2 saturated heterocycles. The highest BCUT2D eigenvalue weighted by atomic mass is 16.5. The van der Waals surface area contributed by atoms with Crippen LogP contribution in [0.2, 0.25) is 0 Å². The molecule has 1 aliphatic carbocycles. The molecule has 98 valence electrons. The van der Waals surface area contributed by atoms with Crippen molar-refractivity contribution < 1.29 is 4.74 Å². The Morgan fingerprint density at radius 2 is 2.24 bits per heavy atom. The second-order valence-electron chi connectivity index (χ2n) is 5.94. The number of fused-ring (bicyclic) bond motifs is 1. The first-order valence-electron chi connectivity index (χ1n) is 7.50. The Morgan fingerprint density at radius 1 is 1.24 bits per heavy atom. The van der Waals surface area contributed by atoms with E-state index < -0.39 is 0 Å². The fourth-order valence-electron chi connectivity index (χ4n) is 3.83. The van der Waals surface area contributed by atoms with Gasteiger partial charge >= 0.3 is 0 Å². The van der Waals surface area contributed by atoms with E-state index in [1.165, 1.54) is 64.7 Å². The molecule has 0 spiro atoms. The third kappa shape index (κ3) is 2.83. The first-order chi connectivity index (χ1) is 8.43. The molecule has 0 aromatic carbocycles. The number of hydrogen-bond donors (Lipinski definition) is 1. The monoisotopic (exact) mass is 238 g/mol. The van der Waals surface area contributed by atoms with Crippen LogP contribution in [0.5, 0.6) is 0 Å². The summed E-state index contributed by atoms with van der Waals surface area (Å²) in [6.07, 6.45) is 8.81. The predicted molar refractivity (Wildman–Crippen MR) is 69.2 cm³/mol. The molecule has 3 rings (SSSR count). The smallest absolute Gasteiger partial charge is 0.0730 e. The topological polar surface area (TPSA) is 24.5 Å². The molecule has 3 unspecified atom stereocenters. The molecule has 3 atom stereocenters. The van der Waals surface area contributed by atoms with E-state index >= 15 is 0 Å². The van der Waals surface area contributed by atoms with Gasteiger partial charge < -0.3 is 10.1 Å². The van der Waals surface area contributed by atoms with E-state index in [1.54, 1.807) is 0 Å². The maximum absolute atomic E-state index is 5.86. The van der Waals surface area contributed by atoms with E-state index in [2.05, 4.69) is 10.2 Å². The van der Waals surface area contributed by atoms with Gasteiger partial charge in [-0.25, -0.2) is 0 Å². The van der Waals surface area contributed by atoms with Gasteiger partial charge in [-0.05, 0) is 64.1 Å². The van der Waals surface area contributed by atoms with Crippen LogP contribution in [0.4, 0.5) is 0 Å². The number of ether oxygens (including phenoxy) is 1. The first kappa shape index (κ1) is 11.9. The molecule has 3 aliphatic rings. The Kier molecular flexibility index (Phi) is 3.99. The Labute approximate surface area is 105 Å². The van der Waals surface area contributed by atoms with E-state index in [4.69, 9.17) is 4.74 Å². The summed E-state index contributed by atoms with van der Waals surface area (Å²) in [4.78, 5) is 2.71. The number of nitrogens with one attached hydrogen (secondary N) is 1. The van der Waals surface area contributed by atoms with Crippen LogP contribution in [0, 0.1) is 5.92 Å². The highest BCUT2D eigenvalue weighted by molar-refractivity contribution is 4.89. The summed E-state index contributed by atoms with van der Waals surface area (Å²) in [6.45, 7) is 5.94. The molecule has 2 aliphatic heterocycles. The summed E-state index contributed by atoms with van der Waals surface area (Å²) in [5.41, 5.74) is 0. The van der Waals surface area contributed by atoms with Crippen LogP contribution >= 0.6 is 0 Å². The Morgan fingerprint density at radius 3 is 3.12 bits per heavy atom. The zero-order chi connectivity index (χ0) is 11.5. The van der Waals surface area contributed by atoms with Crippen LogP contribution in [0.25, 0.3) is 0 Å². The van der Waals surface area contributed by atoms with Gasteiger partial charge in [-0.3, -0.25) is 4.90 Å². The lowest BCUT2D eigenvalue weighted by atomic mass is 10.0. The van der Waals surface area contributed by atoms with Crippen molar-refractivity contribution in [1.82, 2.24) is 10.2 Å². The van der Waals surface area contributed by atoms with Gasteiger partial charge in [-0.1, -0.05) is 0 Å². The number of rotatable bonds is 4. The number of morpholine rings is 1. The van der Waals surface area contributed by atoms with Gasteiger partial charge in [0.25, 0.3) is 0 Å². The van der Waals surface area contributed by atoms with Crippen LogP contribution in [0.3, 0.4) is 0 Å².